The SMILES string of the molecule is CC1CC(OCC(CBr)c2ccccc2)CC(C)(C)C1. The molecule has 0 saturated heterocycles. The Balaban J connectivity index is 1.90. The van der Waals surface area contributed by atoms with Crippen LogP contribution in [0.3, 0.4) is 0 Å². The highest BCUT2D eigenvalue weighted by molar-refractivity contribution is 9.09. The summed E-state index contributed by atoms with van der Waals surface area (Å²) in [6.45, 7) is 7.93. The molecule has 1 fully saturated rings. The normalized spacial score (nSPS) is 27.2. The third-order valence-electron chi connectivity index (χ3n) is 4.34. The molecule has 20 heavy (non-hydrogen) atoms. The molecule has 2 rings (SSSR count). The number of rotatable bonds is 5. The van der Waals surface area contributed by atoms with Crippen LogP contribution in [-0.4, -0.2) is 18.0 Å². The Bertz CT molecular complexity index is 401. The Labute approximate surface area is 132 Å². The predicted octanol–water partition coefficient (Wildman–Crippen LogP) is 5.40. The van der Waals surface area contributed by atoms with Crippen LogP contribution in [0.25, 0.3) is 0 Å². The maximum atomic E-state index is 6.27. The Morgan fingerprint density at radius 3 is 2.55 bits per heavy atom. The van der Waals surface area contributed by atoms with E-state index in [0.717, 1.165) is 17.9 Å². The largest absolute Gasteiger partial charge is 0.378 e. The van der Waals surface area contributed by atoms with E-state index in [1.807, 2.05) is 0 Å². The lowest BCUT2D eigenvalue weighted by atomic mass is 9.71. The standard InChI is InChI=1S/C18H27BrO/c1-14-9-17(11-18(2,3)10-14)20-13-16(12-19)15-7-5-4-6-8-15/h4-8,14,16-17H,9-13H2,1-3H3. The van der Waals surface area contributed by atoms with E-state index in [1.54, 1.807) is 0 Å². The summed E-state index contributed by atoms with van der Waals surface area (Å²) in [5.74, 6) is 1.24. The van der Waals surface area contributed by atoms with E-state index in [2.05, 4.69) is 67.0 Å². The second-order valence-corrected chi connectivity index (χ2v) is 7.78. The van der Waals surface area contributed by atoms with E-state index in [4.69, 9.17) is 4.74 Å². The number of hydrogen-bond donors (Lipinski definition) is 0. The molecule has 1 saturated carbocycles. The smallest absolute Gasteiger partial charge is 0.0583 e. The van der Waals surface area contributed by atoms with Crippen molar-refractivity contribution >= 4 is 15.9 Å². The Morgan fingerprint density at radius 2 is 1.95 bits per heavy atom. The minimum absolute atomic E-state index is 0.430. The zero-order valence-electron chi connectivity index (χ0n) is 12.9. The van der Waals surface area contributed by atoms with Gasteiger partial charge in [-0.15, -0.1) is 0 Å². The van der Waals surface area contributed by atoms with Crippen molar-refractivity contribution in [2.24, 2.45) is 11.3 Å². The Kier molecular flexibility index (Phi) is 5.68. The van der Waals surface area contributed by atoms with Crippen LogP contribution < -0.4 is 0 Å². The van der Waals surface area contributed by atoms with Crippen molar-refractivity contribution in [3.63, 3.8) is 0 Å². The van der Waals surface area contributed by atoms with Crippen LogP contribution in [-0.2, 0) is 4.74 Å². The number of halogens is 1. The third-order valence-corrected chi connectivity index (χ3v) is 5.12. The van der Waals surface area contributed by atoms with Gasteiger partial charge in [0.15, 0.2) is 0 Å². The van der Waals surface area contributed by atoms with Gasteiger partial charge in [0.05, 0.1) is 12.7 Å². The van der Waals surface area contributed by atoms with Gasteiger partial charge in [-0.3, -0.25) is 0 Å². The maximum Gasteiger partial charge on any atom is 0.0583 e. The van der Waals surface area contributed by atoms with Crippen molar-refractivity contribution in [1.29, 1.82) is 0 Å². The predicted molar refractivity (Wildman–Crippen MR) is 89.5 cm³/mol. The summed E-state index contributed by atoms with van der Waals surface area (Å²) in [5.41, 5.74) is 1.80. The minimum atomic E-state index is 0.430. The van der Waals surface area contributed by atoms with E-state index in [-0.39, 0.29) is 0 Å². The van der Waals surface area contributed by atoms with Crippen molar-refractivity contribution in [3.05, 3.63) is 35.9 Å². The lowest BCUT2D eigenvalue weighted by Gasteiger charge is -2.39. The first-order valence-electron chi connectivity index (χ1n) is 7.72. The summed E-state index contributed by atoms with van der Waals surface area (Å²) >= 11 is 3.63. The molecule has 0 aliphatic heterocycles. The van der Waals surface area contributed by atoms with Gasteiger partial charge in [0.25, 0.3) is 0 Å². The monoisotopic (exact) mass is 338 g/mol. The van der Waals surface area contributed by atoms with E-state index < -0.39 is 0 Å². The second-order valence-electron chi connectivity index (χ2n) is 7.13. The summed E-state index contributed by atoms with van der Waals surface area (Å²) in [4.78, 5) is 0. The second kappa shape index (κ2) is 7.09. The van der Waals surface area contributed by atoms with Gasteiger partial charge in [-0.05, 0) is 36.2 Å². The van der Waals surface area contributed by atoms with Gasteiger partial charge in [-0.2, -0.15) is 0 Å². The molecular weight excluding hydrogens is 312 g/mol. The minimum Gasteiger partial charge on any atom is -0.378 e. The average molecular weight is 339 g/mol. The van der Waals surface area contributed by atoms with Crippen LogP contribution >= 0.6 is 15.9 Å². The number of alkyl halides is 1. The molecule has 3 atom stereocenters. The molecule has 112 valence electrons. The highest BCUT2D eigenvalue weighted by Gasteiger charge is 2.32. The van der Waals surface area contributed by atoms with Gasteiger partial charge in [-0.1, -0.05) is 67.0 Å². The van der Waals surface area contributed by atoms with Crippen LogP contribution in [0.15, 0.2) is 30.3 Å². The topological polar surface area (TPSA) is 9.23 Å². The van der Waals surface area contributed by atoms with Gasteiger partial charge in [0.1, 0.15) is 0 Å². The summed E-state index contributed by atoms with van der Waals surface area (Å²) in [5, 5.41) is 0.961. The van der Waals surface area contributed by atoms with Crippen molar-refractivity contribution in [2.75, 3.05) is 11.9 Å². The first-order chi connectivity index (χ1) is 9.50. The lowest BCUT2D eigenvalue weighted by Crippen LogP contribution is -2.33. The van der Waals surface area contributed by atoms with Gasteiger partial charge >= 0.3 is 0 Å². The number of benzene rings is 1. The molecule has 1 aliphatic rings. The van der Waals surface area contributed by atoms with Gasteiger partial charge in [0.2, 0.25) is 0 Å². The van der Waals surface area contributed by atoms with Crippen LogP contribution in [0.1, 0.15) is 51.5 Å². The Hall–Kier alpha value is -0.340. The van der Waals surface area contributed by atoms with E-state index in [9.17, 15) is 0 Å². The molecule has 0 heterocycles. The van der Waals surface area contributed by atoms with E-state index in [1.165, 1.54) is 24.8 Å². The molecule has 2 heteroatoms. The average Bonchev–Trinajstić information content (AvgIpc) is 2.38. The van der Waals surface area contributed by atoms with Crippen LogP contribution in [0.4, 0.5) is 0 Å². The molecule has 1 aromatic carbocycles. The lowest BCUT2D eigenvalue weighted by molar-refractivity contribution is -0.0265. The van der Waals surface area contributed by atoms with Gasteiger partial charge in [-0.25, -0.2) is 0 Å². The molecular formula is C18H27BrO. The first kappa shape index (κ1) is 16.0. The first-order valence-corrected chi connectivity index (χ1v) is 8.85. The quantitative estimate of drug-likeness (QED) is 0.653. The number of ether oxygens (including phenoxy) is 1. The van der Waals surface area contributed by atoms with E-state index in [0.29, 0.717) is 17.4 Å². The van der Waals surface area contributed by atoms with Crippen molar-refractivity contribution in [3.8, 4) is 0 Å². The molecule has 1 aliphatic carbocycles. The van der Waals surface area contributed by atoms with Crippen LogP contribution in [0.5, 0.6) is 0 Å². The van der Waals surface area contributed by atoms with Crippen molar-refractivity contribution < 1.29 is 4.74 Å². The molecule has 0 aromatic heterocycles. The summed E-state index contributed by atoms with van der Waals surface area (Å²) in [6.07, 6.45) is 4.17. The molecule has 0 radical (unpaired) electrons. The highest BCUT2D eigenvalue weighted by Crippen LogP contribution is 2.40. The molecule has 1 aromatic rings. The molecule has 0 bridgehead atoms. The van der Waals surface area contributed by atoms with Gasteiger partial charge in [0, 0.05) is 11.2 Å². The zero-order valence-corrected chi connectivity index (χ0v) is 14.5. The molecule has 1 nitrogen and oxygen atoms in total. The Morgan fingerprint density at radius 1 is 1.25 bits per heavy atom. The zero-order chi connectivity index (χ0) is 14.6. The maximum absolute atomic E-state index is 6.27. The summed E-state index contributed by atoms with van der Waals surface area (Å²) in [7, 11) is 0. The fourth-order valence-corrected chi connectivity index (χ4v) is 4.15. The summed E-state index contributed by atoms with van der Waals surface area (Å²) < 4.78 is 6.27. The summed E-state index contributed by atoms with van der Waals surface area (Å²) in [6, 6.07) is 10.7. The molecule has 3 unspecified atom stereocenters. The molecule has 0 N–H and O–H groups in total. The van der Waals surface area contributed by atoms with E-state index >= 15 is 0 Å². The molecule has 0 spiro atoms. The number of hydrogen-bond acceptors (Lipinski definition) is 1. The highest BCUT2D eigenvalue weighted by atomic mass is 79.9. The van der Waals surface area contributed by atoms with Crippen LogP contribution in [0.2, 0.25) is 0 Å². The fraction of sp³-hybridized carbons (Fsp3) is 0.667. The van der Waals surface area contributed by atoms with Gasteiger partial charge < -0.3 is 4.74 Å². The van der Waals surface area contributed by atoms with Crippen LogP contribution in [0, 0.1) is 11.3 Å². The van der Waals surface area contributed by atoms with Crippen molar-refractivity contribution in [1.82, 2.24) is 0 Å². The fourth-order valence-electron chi connectivity index (χ4n) is 3.59. The van der Waals surface area contributed by atoms with Crippen molar-refractivity contribution in [2.45, 2.75) is 52.1 Å². The molecule has 0 amide bonds. The third kappa shape index (κ3) is 4.60.